The summed E-state index contributed by atoms with van der Waals surface area (Å²) in [5.41, 5.74) is 0.563. The van der Waals surface area contributed by atoms with E-state index in [0.29, 0.717) is 22.4 Å². The summed E-state index contributed by atoms with van der Waals surface area (Å²) >= 11 is 6.08. The normalized spacial score (nSPS) is 20.2. The SMILES string of the molecule is Clc1cccnc1-c1noc(C2CCCCCN2)n1. The zero-order valence-corrected chi connectivity index (χ0v) is 11.2. The number of hydrogen-bond donors (Lipinski definition) is 1. The van der Waals surface area contributed by atoms with Crippen LogP contribution < -0.4 is 5.32 Å². The lowest BCUT2D eigenvalue weighted by molar-refractivity contribution is 0.327. The molecule has 5 nitrogen and oxygen atoms in total. The van der Waals surface area contributed by atoms with Crippen LogP contribution in [0.2, 0.25) is 5.02 Å². The van der Waals surface area contributed by atoms with Crippen LogP contribution in [-0.2, 0) is 0 Å². The van der Waals surface area contributed by atoms with Crippen molar-refractivity contribution in [3.05, 3.63) is 29.2 Å². The first kappa shape index (κ1) is 12.6. The van der Waals surface area contributed by atoms with Crippen LogP contribution in [0.3, 0.4) is 0 Å². The molecule has 1 aliphatic rings. The lowest BCUT2D eigenvalue weighted by atomic mass is 10.1. The molecule has 1 fully saturated rings. The molecule has 0 radical (unpaired) electrons. The van der Waals surface area contributed by atoms with E-state index in [1.54, 1.807) is 18.3 Å². The molecule has 1 aliphatic heterocycles. The van der Waals surface area contributed by atoms with Crippen LogP contribution in [0.25, 0.3) is 11.5 Å². The Morgan fingerprint density at radius 2 is 2.26 bits per heavy atom. The minimum absolute atomic E-state index is 0.145. The Hall–Kier alpha value is -1.46. The van der Waals surface area contributed by atoms with Gasteiger partial charge in [0.25, 0.3) is 0 Å². The molecule has 0 amide bonds. The molecule has 3 rings (SSSR count). The topological polar surface area (TPSA) is 63.8 Å². The Bertz CT molecular complexity index is 549. The van der Waals surface area contributed by atoms with E-state index < -0.39 is 0 Å². The Kier molecular flexibility index (Phi) is 3.75. The van der Waals surface area contributed by atoms with Gasteiger partial charge in [-0.15, -0.1) is 0 Å². The average molecular weight is 279 g/mol. The Morgan fingerprint density at radius 1 is 1.32 bits per heavy atom. The van der Waals surface area contributed by atoms with Gasteiger partial charge < -0.3 is 9.84 Å². The van der Waals surface area contributed by atoms with Crippen LogP contribution in [0.15, 0.2) is 22.9 Å². The molecule has 2 aromatic heterocycles. The molecule has 0 spiro atoms. The van der Waals surface area contributed by atoms with Gasteiger partial charge in [0, 0.05) is 6.20 Å². The molecule has 3 heterocycles. The van der Waals surface area contributed by atoms with E-state index >= 15 is 0 Å². The van der Waals surface area contributed by atoms with Crippen molar-refractivity contribution in [2.24, 2.45) is 0 Å². The highest BCUT2D eigenvalue weighted by Gasteiger charge is 2.21. The first-order valence-corrected chi connectivity index (χ1v) is 6.90. The van der Waals surface area contributed by atoms with E-state index in [-0.39, 0.29) is 6.04 Å². The zero-order valence-electron chi connectivity index (χ0n) is 10.5. The van der Waals surface area contributed by atoms with Gasteiger partial charge in [0.15, 0.2) is 0 Å². The third kappa shape index (κ3) is 2.77. The second kappa shape index (κ2) is 5.67. The molecule has 0 bridgehead atoms. The first-order chi connectivity index (χ1) is 9.34. The largest absolute Gasteiger partial charge is 0.337 e. The van der Waals surface area contributed by atoms with Gasteiger partial charge >= 0.3 is 0 Å². The van der Waals surface area contributed by atoms with E-state index in [9.17, 15) is 0 Å². The van der Waals surface area contributed by atoms with E-state index in [2.05, 4.69) is 20.4 Å². The molecule has 0 aliphatic carbocycles. The van der Waals surface area contributed by atoms with Gasteiger partial charge in [0.05, 0.1) is 11.1 Å². The van der Waals surface area contributed by atoms with Crippen LogP contribution in [0.4, 0.5) is 0 Å². The lowest BCUT2D eigenvalue weighted by Gasteiger charge is -2.09. The molecule has 1 unspecified atom stereocenters. The van der Waals surface area contributed by atoms with E-state index in [1.165, 1.54) is 19.3 Å². The lowest BCUT2D eigenvalue weighted by Crippen LogP contribution is -2.20. The monoisotopic (exact) mass is 278 g/mol. The van der Waals surface area contributed by atoms with Gasteiger partial charge in [-0.2, -0.15) is 4.98 Å². The van der Waals surface area contributed by atoms with Crippen molar-refractivity contribution in [2.75, 3.05) is 6.54 Å². The van der Waals surface area contributed by atoms with Crippen molar-refractivity contribution in [2.45, 2.75) is 31.7 Å². The van der Waals surface area contributed by atoms with Crippen molar-refractivity contribution in [3.63, 3.8) is 0 Å². The molecule has 19 heavy (non-hydrogen) atoms. The highest BCUT2D eigenvalue weighted by Crippen LogP contribution is 2.26. The molecule has 100 valence electrons. The summed E-state index contributed by atoms with van der Waals surface area (Å²) < 4.78 is 5.35. The number of halogens is 1. The Labute approximate surface area is 116 Å². The van der Waals surface area contributed by atoms with Crippen LogP contribution in [0, 0.1) is 0 Å². The van der Waals surface area contributed by atoms with E-state index in [4.69, 9.17) is 16.1 Å². The van der Waals surface area contributed by atoms with Gasteiger partial charge in [-0.25, -0.2) is 0 Å². The summed E-state index contributed by atoms with van der Waals surface area (Å²) in [6.45, 7) is 0.993. The van der Waals surface area contributed by atoms with Crippen LogP contribution in [0.1, 0.15) is 37.6 Å². The maximum Gasteiger partial charge on any atom is 0.244 e. The van der Waals surface area contributed by atoms with Gasteiger partial charge in [-0.3, -0.25) is 4.98 Å². The fourth-order valence-corrected chi connectivity index (χ4v) is 2.47. The van der Waals surface area contributed by atoms with Crippen molar-refractivity contribution in [1.29, 1.82) is 0 Å². The summed E-state index contributed by atoms with van der Waals surface area (Å²) in [7, 11) is 0. The molecular weight excluding hydrogens is 264 g/mol. The second-order valence-electron chi connectivity index (χ2n) is 4.65. The van der Waals surface area contributed by atoms with Crippen molar-refractivity contribution < 1.29 is 4.52 Å². The predicted molar refractivity (Wildman–Crippen MR) is 71.8 cm³/mol. The number of rotatable bonds is 2. The quantitative estimate of drug-likeness (QED) is 0.915. The fourth-order valence-electron chi connectivity index (χ4n) is 2.26. The minimum atomic E-state index is 0.145. The summed E-state index contributed by atoms with van der Waals surface area (Å²) in [6.07, 6.45) is 6.32. The third-order valence-electron chi connectivity index (χ3n) is 3.27. The number of aromatic nitrogens is 3. The van der Waals surface area contributed by atoms with Crippen molar-refractivity contribution in [3.8, 4) is 11.5 Å². The van der Waals surface area contributed by atoms with Crippen molar-refractivity contribution >= 4 is 11.6 Å². The Morgan fingerprint density at radius 3 is 3.16 bits per heavy atom. The number of hydrogen-bond acceptors (Lipinski definition) is 5. The second-order valence-corrected chi connectivity index (χ2v) is 5.05. The maximum absolute atomic E-state index is 6.08. The number of nitrogens with zero attached hydrogens (tertiary/aromatic N) is 3. The van der Waals surface area contributed by atoms with Gasteiger partial charge in [0.2, 0.25) is 11.7 Å². The highest BCUT2D eigenvalue weighted by atomic mass is 35.5. The number of nitrogens with one attached hydrogen (secondary N) is 1. The van der Waals surface area contributed by atoms with Gasteiger partial charge in [0.1, 0.15) is 5.69 Å². The molecule has 0 saturated carbocycles. The maximum atomic E-state index is 6.08. The molecular formula is C13H15ClN4O. The van der Waals surface area contributed by atoms with Crippen molar-refractivity contribution in [1.82, 2.24) is 20.4 Å². The highest BCUT2D eigenvalue weighted by molar-refractivity contribution is 6.32. The van der Waals surface area contributed by atoms with Gasteiger partial charge in [-0.05, 0) is 31.5 Å². The molecule has 2 aromatic rings. The van der Waals surface area contributed by atoms with E-state index in [1.807, 2.05) is 0 Å². The smallest absolute Gasteiger partial charge is 0.244 e. The van der Waals surface area contributed by atoms with Crippen LogP contribution >= 0.6 is 11.6 Å². The minimum Gasteiger partial charge on any atom is -0.337 e. The van der Waals surface area contributed by atoms with Crippen LogP contribution in [0.5, 0.6) is 0 Å². The summed E-state index contributed by atoms with van der Waals surface area (Å²) in [4.78, 5) is 8.61. The molecule has 1 saturated heterocycles. The summed E-state index contributed by atoms with van der Waals surface area (Å²) in [6, 6.07) is 3.69. The zero-order chi connectivity index (χ0) is 13.1. The summed E-state index contributed by atoms with van der Waals surface area (Å²) in [5, 5.41) is 7.94. The van der Waals surface area contributed by atoms with E-state index in [0.717, 1.165) is 13.0 Å². The fraction of sp³-hybridized carbons (Fsp3) is 0.462. The third-order valence-corrected chi connectivity index (χ3v) is 3.58. The average Bonchev–Trinajstić information content (AvgIpc) is 2.75. The molecule has 6 heteroatoms. The molecule has 1 N–H and O–H groups in total. The standard InChI is InChI=1S/C13H15ClN4O/c14-9-5-4-8-16-11(9)12-17-13(19-18-12)10-6-2-1-3-7-15-10/h4-5,8,10,15H,1-3,6-7H2. The molecule has 0 aromatic carbocycles. The Balaban J connectivity index is 1.85. The number of pyridine rings is 1. The predicted octanol–water partition coefficient (Wildman–Crippen LogP) is 2.99. The first-order valence-electron chi connectivity index (χ1n) is 6.52. The summed E-state index contributed by atoms with van der Waals surface area (Å²) in [5.74, 6) is 1.07. The molecule has 1 atom stereocenters. The van der Waals surface area contributed by atoms with Crippen LogP contribution in [-0.4, -0.2) is 21.7 Å². The van der Waals surface area contributed by atoms with Gasteiger partial charge in [-0.1, -0.05) is 29.6 Å².